The highest BCUT2D eigenvalue weighted by Crippen LogP contribution is 2.43. The Hall–Kier alpha value is -1.43. The highest BCUT2D eigenvalue weighted by atomic mass is 16.5. The van der Waals surface area contributed by atoms with Gasteiger partial charge >= 0.3 is 5.97 Å². The Morgan fingerprint density at radius 3 is 2.86 bits per heavy atom. The molecule has 1 aromatic heterocycles. The second kappa shape index (κ2) is 5.75. The van der Waals surface area contributed by atoms with Gasteiger partial charge in [-0.05, 0) is 32.1 Å². The highest BCUT2D eigenvalue weighted by molar-refractivity contribution is 5.86. The number of aromatic nitrogens is 3. The number of hydrogen-bond acceptors (Lipinski definition) is 4. The fourth-order valence-corrected chi connectivity index (χ4v) is 3.73. The van der Waals surface area contributed by atoms with E-state index in [2.05, 4.69) is 10.3 Å². The third-order valence-corrected chi connectivity index (χ3v) is 4.76. The standard InChI is InChI=1S/C15H23N3O3/c1-2-5-12-13(14(19)20)16-17-18(12)10-11-6-9-15(21-11)7-3-4-8-15/h11H,2-10H2,1H3,(H,19,20). The van der Waals surface area contributed by atoms with E-state index in [1.807, 2.05) is 6.92 Å². The number of nitrogens with zero attached hydrogens (tertiary/aromatic N) is 3. The number of carboxylic acid groups (broad SMARTS) is 1. The van der Waals surface area contributed by atoms with Gasteiger partial charge in [-0.2, -0.15) is 0 Å². The van der Waals surface area contributed by atoms with Gasteiger partial charge in [-0.15, -0.1) is 5.10 Å². The van der Waals surface area contributed by atoms with Crippen molar-refractivity contribution in [2.75, 3.05) is 0 Å². The topological polar surface area (TPSA) is 77.2 Å². The largest absolute Gasteiger partial charge is 0.476 e. The molecule has 3 rings (SSSR count). The van der Waals surface area contributed by atoms with E-state index in [0.717, 1.165) is 25.0 Å². The zero-order valence-corrected chi connectivity index (χ0v) is 12.5. The van der Waals surface area contributed by atoms with Gasteiger partial charge in [-0.1, -0.05) is 31.4 Å². The van der Waals surface area contributed by atoms with Crippen LogP contribution in [0.1, 0.15) is 68.1 Å². The molecule has 1 N–H and O–H groups in total. The average molecular weight is 293 g/mol. The van der Waals surface area contributed by atoms with E-state index in [1.54, 1.807) is 4.68 Å². The summed E-state index contributed by atoms with van der Waals surface area (Å²) in [7, 11) is 0. The quantitative estimate of drug-likeness (QED) is 0.902. The lowest BCUT2D eigenvalue weighted by Gasteiger charge is -2.23. The van der Waals surface area contributed by atoms with Crippen molar-refractivity contribution in [1.29, 1.82) is 0 Å². The first-order valence-electron chi connectivity index (χ1n) is 7.97. The van der Waals surface area contributed by atoms with E-state index in [0.29, 0.717) is 13.0 Å². The second-order valence-electron chi connectivity index (χ2n) is 6.29. The van der Waals surface area contributed by atoms with Gasteiger partial charge in [0, 0.05) is 0 Å². The van der Waals surface area contributed by atoms with E-state index < -0.39 is 5.97 Å². The van der Waals surface area contributed by atoms with Gasteiger partial charge in [0.2, 0.25) is 0 Å². The summed E-state index contributed by atoms with van der Waals surface area (Å²) < 4.78 is 8.02. The summed E-state index contributed by atoms with van der Waals surface area (Å²) >= 11 is 0. The van der Waals surface area contributed by atoms with Gasteiger partial charge in [-0.3, -0.25) is 0 Å². The third-order valence-electron chi connectivity index (χ3n) is 4.76. The van der Waals surface area contributed by atoms with Gasteiger partial charge in [0.1, 0.15) is 0 Å². The van der Waals surface area contributed by atoms with E-state index >= 15 is 0 Å². The lowest BCUT2D eigenvalue weighted by atomic mass is 9.98. The molecule has 6 heteroatoms. The predicted molar refractivity (Wildman–Crippen MR) is 76.3 cm³/mol. The molecule has 1 aliphatic carbocycles. The van der Waals surface area contributed by atoms with Crippen molar-refractivity contribution in [3.8, 4) is 0 Å². The Balaban J connectivity index is 1.72. The minimum atomic E-state index is -0.996. The molecule has 1 unspecified atom stereocenters. The molecule has 0 aromatic carbocycles. The molecular formula is C15H23N3O3. The van der Waals surface area contributed by atoms with Crippen LogP contribution in [0.2, 0.25) is 0 Å². The van der Waals surface area contributed by atoms with Crippen LogP contribution in [-0.4, -0.2) is 37.8 Å². The smallest absolute Gasteiger partial charge is 0.358 e. The van der Waals surface area contributed by atoms with Gasteiger partial charge in [0.25, 0.3) is 0 Å². The van der Waals surface area contributed by atoms with Crippen molar-refractivity contribution < 1.29 is 14.6 Å². The highest BCUT2D eigenvalue weighted by Gasteiger charge is 2.42. The van der Waals surface area contributed by atoms with E-state index in [-0.39, 0.29) is 17.4 Å². The Morgan fingerprint density at radius 1 is 1.43 bits per heavy atom. The van der Waals surface area contributed by atoms with Gasteiger partial charge in [-0.25, -0.2) is 9.48 Å². The van der Waals surface area contributed by atoms with Crippen LogP contribution in [0.4, 0.5) is 0 Å². The SMILES string of the molecule is CCCc1c(C(=O)O)nnn1CC1CCC2(CCCC2)O1. The molecule has 2 aliphatic rings. The maximum absolute atomic E-state index is 11.2. The molecule has 116 valence electrons. The van der Waals surface area contributed by atoms with Crippen LogP contribution in [0.15, 0.2) is 0 Å². The molecule has 1 saturated carbocycles. The van der Waals surface area contributed by atoms with E-state index in [9.17, 15) is 9.90 Å². The van der Waals surface area contributed by atoms with E-state index in [1.165, 1.54) is 25.7 Å². The van der Waals surface area contributed by atoms with Crippen molar-refractivity contribution >= 4 is 5.97 Å². The molecule has 0 bridgehead atoms. The number of carbonyl (C=O) groups is 1. The molecule has 1 aliphatic heterocycles. The Kier molecular flexibility index (Phi) is 3.97. The second-order valence-corrected chi connectivity index (χ2v) is 6.29. The zero-order chi connectivity index (χ0) is 14.9. The summed E-state index contributed by atoms with van der Waals surface area (Å²) in [6.07, 6.45) is 8.74. The maximum Gasteiger partial charge on any atom is 0.358 e. The summed E-state index contributed by atoms with van der Waals surface area (Å²) in [6, 6.07) is 0. The number of ether oxygens (including phenoxy) is 1. The summed E-state index contributed by atoms with van der Waals surface area (Å²) in [5.41, 5.74) is 0.914. The van der Waals surface area contributed by atoms with Crippen LogP contribution in [-0.2, 0) is 17.7 Å². The number of rotatable bonds is 5. The fourth-order valence-electron chi connectivity index (χ4n) is 3.73. The molecule has 1 aromatic rings. The normalized spacial score (nSPS) is 24.0. The first-order chi connectivity index (χ1) is 10.1. The number of hydrogen-bond donors (Lipinski definition) is 1. The lowest BCUT2D eigenvalue weighted by molar-refractivity contribution is -0.0433. The summed E-state index contributed by atoms with van der Waals surface area (Å²) in [6.45, 7) is 2.65. The Morgan fingerprint density at radius 2 is 2.19 bits per heavy atom. The number of aromatic carboxylic acids is 1. The van der Waals surface area contributed by atoms with Crippen LogP contribution in [0, 0.1) is 0 Å². The molecular weight excluding hydrogens is 270 g/mol. The van der Waals surface area contributed by atoms with Gasteiger partial charge in [0.05, 0.1) is 23.9 Å². The lowest BCUT2D eigenvalue weighted by Crippen LogP contribution is -2.27. The van der Waals surface area contributed by atoms with Crippen LogP contribution in [0.25, 0.3) is 0 Å². The molecule has 1 atom stereocenters. The third kappa shape index (κ3) is 2.81. The summed E-state index contributed by atoms with van der Waals surface area (Å²) in [5, 5.41) is 17.1. The molecule has 2 fully saturated rings. The van der Waals surface area contributed by atoms with E-state index in [4.69, 9.17) is 4.74 Å². The molecule has 6 nitrogen and oxygen atoms in total. The monoisotopic (exact) mass is 293 g/mol. The van der Waals surface area contributed by atoms with Crippen LogP contribution >= 0.6 is 0 Å². The minimum Gasteiger partial charge on any atom is -0.476 e. The van der Waals surface area contributed by atoms with Crippen molar-refractivity contribution in [3.63, 3.8) is 0 Å². The van der Waals surface area contributed by atoms with Crippen LogP contribution in [0.3, 0.4) is 0 Å². The summed E-state index contributed by atoms with van der Waals surface area (Å²) in [5.74, 6) is -0.996. The first-order valence-corrected chi connectivity index (χ1v) is 7.97. The first kappa shape index (κ1) is 14.5. The fraction of sp³-hybridized carbons (Fsp3) is 0.800. The summed E-state index contributed by atoms with van der Waals surface area (Å²) in [4.78, 5) is 11.2. The van der Waals surface area contributed by atoms with Gasteiger partial charge < -0.3 is 9.84 Å². The molecule has 0 amide bonds. The van der Waals surface area contributed by atoms with Crippen LogP contribution in [0.5, 0.6) is 0 Å². The molecule has 1 spiro atoms. The molecule has 2 heterocycles. The minimum absolute atomic E-state index is 0.0884. The average Bonchev–Trinajstić information content (AvgIpc) is 3.15. The van der Waals surface area contributed by atoms with Crippen molar-refractivity contribution in [1.82, 2.24) is 15.0 Å². The van der Waals surface area contributed by atoms with Crippen molar-refractivity contribution in [2.24, 2.45) is 0 Å². The maximum atomic E-state index is 11.2. The van der Waals surface area contributed by atoms with Crippen LogP contribution < -0.4 is 0 Å². The zero-order valence-electron chi connectivity index (χ0n) is 12.5. The predicted octanol–water partition coefficient (Wildman–Crippen LogP) is 2.42. The van der Waals surface area contributed by atoms with Crippen molar-refractivity contribution in [3.05, 3.63) is 11.4 Å². The number of carboxylic acids is 1. The molecule has 21 heavy (non-hydrogen) atoms. The Labute approximate surface area is 124 Å². The Bertz CT molecular complexity index is 520. The molecule has 1 saturated heterocycles. The molecule has 0 radical (unpaired) electrons. The van der Waals surface area contributed by atoms with Gasteiger partial charge in [0.15, 0.2) is 5.69 Å². The van der Waals surface area contributed by atoms with Crippen molar-refractivity contribution in [2.45, 2.75) is 76.5 Å².